The zero-order valence-corrected chi connectivity index (χ0v) is 17.2. The number of hydrogen-bond donors (Lipinski definition) is 4. The summed E-state index contributed by atoms with van der Waals surface area (Å²) in [6.45, 7) is 9.05. The Labute approximate surface area is 166 Å². The highest BCUT2D eigenvalue weighted by atomic mass is 16.4. The first kappa shape index (κ1) is 24.3. The smallest absolute Gasteiger partial charge is 0.317 e. The van der Waals surface area contributed by atoms with E-state index in [0.29, 0.717) is 26.2 Å². The lowest BCUT2D eigenvalue weighted by Gasteiger charge is -2.40. The quantitative estimate of drug-likeness (QED) is 0.452. The Morgan fingerprint density at radius 2 is 1.07 bits per heavy atom. The fraction of sp³-hybridized carbons (Fsp3) is 0.833. The van der Waals surface area contributed by atoms with Crippen LogP contribution in [0.15, 0.2) is 0 Å². The molecule has 1 aliphatic heterocycles. The lowest BCUT2D eigenvalue weighted by molar-refractivity contribution is -0.142. The summed E-state index contributed by atoms with van der Waals surface area (Å²) in [5, 5.41) is 31.2. The molecule has 0 aliphatic carbocycles. The van der Waals surface area contributed by atoms with Crippen molar-refractivity contribution in [1.29, 1.82) is 0 Å². The number of nitrogens with zero attached hydrogens (tertiary/aromatic N) is 3. The van der Waals surface area contributed by atoms with Crippen molar-refractivity contribution in [3.63, 3.8) is 0 Å². The van der Waals surface area contributed by atoms with Crippen molar-refractivity contribution in [2.45, 2.75) is 51.9 Å². The molecule has 0 aromatic carbocycles. The van der Waals surface area contributed by atoms with E-state index in [0.717, 1.165) is 0 Å². The summed E-state index contributed by atoms with van der Waals surface area (Å²) in [5.74, 6) is -2.82. The van der Waals surface area contributed by atoms with Gasteiger partial charge in [-0.15, -0.1) is 0 Å². The molecule has 0 aromatic heterocycles. The molecule has 4 N–H and O–H groups in total. The molecule has 1 heterocycles. The minimum absolute atomic E-state index is 0.000650. The number of carbonyl (C=O) groups is 3. The van der Waals surface area contributed by atoms with E-state index < -0.39 is 17.9 Å². The van der Waals surface area contributed by atoms with Crippen molar-refractivity contribution < 1.29 is 29.7 Å². The molecular weight excluding hydrogens is 368 g/mol. The lowest BCUT2D eigenvalue weighted by Crippen LogP contribution is -2.57. The fourth-order valence-corrected chi connectivity index (χ4v) is 3.55. The van der Waals surface area contributed by atoms with Crippen molar-refractivity contribution in [2.24, 2.45) is 0 Å². The minimum atomic E-state index is -0.969. The summed E-state index contributed by atoms with van der Waals surface area (Å²) in [4.78, 5) is 39.4. The van der Waals surface area contributed by atoms with Crippen molar-refractivity contribution in [2.75, 3.05) is 45.8 Å². The topological polar surface area (TPSA) is 134 Å². The molecule has 0 amide bonds. The molecule has 10 heteroatoms. The third-order valence-electron chi connectivity index (χ3n) is 5.15. The molecule has 0 unspecified atom stereocenters. The molecule has 0 spiro atoms. The predicted octanol–water partition coefficient (Wildman–Crippen LogP) is -0.697. The maximum Gasteiger partial charge on any atom is 0.317 e. The van der Waals surface area contributed by atoms with Crippen LogP contribution in [0, 0.1) is 0 Å². The third-order valence-corrected chi connectivity index (χ3v) is 5.15. The molecule has 0 radical (unpaired) electrons. The molecular formula is C18H34N4O6. The Bertz CT molecular complexity index is 532. The molecule has 10 nitrogen and oxygen atoms in total. The highest BCUT2D eigenvalue weighted by molar-refractivity contribution is 5.70. The van der Waals surface area contributed by atoms with Crippen molar-refractivity contribution in [3.05, 3.63) is 0 Å². The van der Waals surface area contributed by atoms with Crippen LogP contribution in [0.1, 0.15) is 27.7 Å². The number of aliphatic carboxylic acids is 3. The Hall–Kier alpha value is -1.75. The van der Waals surface area contributed by atoms with Crippen molar-refractivity contribution >= 4 is 17.9 Å². The molecule has 162 valence electrons. The Kier molecular flexibility index (Phi) is 9.80. The van der Waals surface area contributed by atoms with Gasteiger partial charge in [0.05, 0.1) is 19.6 Å². The van der Waals surface area contributed by atoms with Gasteiger partial charge in [-0.25, -0.2) is 0 Å². The number of rotatable bonds is 6. The summed E-state index contributed by atoms with van der Waals surface area (Å²) >= 11 is 0. The SMILES string of the molecule is C[C@@H]1CN(CC(=O)O)[C@H](C)CN(CC(=O)O)[C@H](C)CN(CC(=O)O)[C@H](C)CN1. The van der Waals surface area contributed by atoms with Gasteiger partial charge in [-0.3, -0.25) is 29.1 Å². The Morgan fingerprint density at radius 3 is 1.46 bits per heavy atom. The highest BCUT2D eigenvalue weighted by Gasteiger charge is 2.29. The van der Waals surface area contributed by atoms with E-state index in [4.69, 9.17) is 0 Å². The van der Waals surface area contributed by atoms with Crippen LogP contribution >= 0.6 is 0 Å². The molecule has 1 rings (SSSR count). The van der Waals surface area contributed by atoms with Gasteiger partial charge in [0.2, 0.25) is 0 Å². The van der Waals surface area contributed by atoms with Crippen LogP contribution in [-0.4, -0.2) is 118 Å². The van der Waals surface area contributed by atoms with Crippen LogP contribution < -0.4 is 5.32 Å². The summed E-state index contributed by atoms with van der Waals surface area (Å²) in [7, 11) is 0. The van der Waals surface area contributed by atoms with Crippen molar-refractivity contribution in [1.82, 2.24) is 20.0 Å². The Balaban J connectivity index is 3.11. The minimum Gasteiger partial charge on any atom is -0.480 e. The zero-order valence-electron chi connectivity index (χ0n) is 17.2. The van der Waals surface area contributed by atoms with Gasteiger partial charge in [0.15, 0.2) is 0 Å². The van der Waals surface area contributed by atoms with Gasteiger partial charge in [0.1, 0.15) is 0 Å². The van der Waals surface area contributed by atoms with Gasteiger partial charge in [-0.2, -0.15) is 0 Å². The van der Waals surface area contributed by atoms with Gasteiger partial charge < -0.3 is 20.6 Å². The molecule has 0 saturated carbocycles. The van der Waals surface area contributed by atoms with Gasteiger partial charge in [-0.05, 0) is 27.7 Å². The predicted molar refractivity (Wildman–Crippen MR) is 103 cm³/mol. The lowest BCUT2D eigenvalue weighted by atomic mass is 10.1. The molecule has 1 fully saturated rings. The normalized spacial score (nSPS) is 29.6. The second-order valence-corrected chi connectivity index (χ2v) is 7.83. The molecule has 0 aromatic rings. The van der Waals surface area contributed by atoms with Gasteiger partial charge in [-0.1, -0.05) is 0 Å². The molecule has 28 heavy (non-hydrogen) atoms. The molecule has 4 atom stereocenters. The average Bonchev–Trinajstić information content (AvgIpc) is 2.55. The van der Waals surface area contributed by atoms with Crippen LogP contribution in [0.4, 0.5) is 0 Å². The van der Waals surface area contributed by atoms with E-state index in [9.17, 15) is 29.7 Å². The van der Waals surface area contributed by atoms with Crippen LogP contribution in [0.5, 0.6) is 0 Å². The summed E-state index contributed by atoms with van der Waals surface area (Å²) < 4.78 is 0. The first-order chi connectivity index (χ1) is 13.0. The van der Waals surface area contributed by atoms with Crippen LogP contribution in [0.3, 0.4) is 0 Å². The maximum absolute atomic E-state index is 11.4. The first-order valence-corrected chi connectivity index (χ1v) is 9.60. The standard InChI is InChI=1S/C18H34N4O6/c1-12-6-20(9-16(23)24)14(3)8-22(11-18(27)28)15(4)7-21(10-17(25)26)13(2)5-19-12/h12-15,19H,5-11H2,1-4H3,(H,23,24)(H,25,26)(H,27,28)/t12-,13-,14-,15-/m1/s1. The number of hydrogen-bond acceptors (Lipinski definition) is 7. The first-order valence-electron chi connectivity index (χ1n) is 9.60. The number of nitrogens with one attached hydrogen (secondary N) is 1. The summed E-state index contributed by atoms with van der Waals surface area (Å²) in [6.07, 6.45) is 0. The van der Waals surface area contributed by atoms with Gasteiger partial charge >= 0.3 is 17.9 Å². The van der Waals surface area contributed by atoms with E-state index in [2.05, 4.69) is 5.32 Å². The summed E-state index contributed by atoms with van der Waals surface area (Å²) in [5.41, 5.74) is 0. The summed E-state index contributed by atoms with van der Waals surface area (Å²) in [6, 6.07) is -0.450. The van der Waals surface area contributed by atoms with Crippen LogP contribution in [0.25, 0.3) is 0 Å². The highest BCUT2D eigenvalue weighted by Crippen LogP contribution is 2.12. The van der Waals surface area contributed by atoms with E-state index in [1.165, 1.54) is 0 Å². The van der Waals surface area contributed by atoms with Crippen LogP contribution in [-0.2, 0) is 14.4 Å². The zero-order chi connectivity index (χ0) is 21.4. The second kappa shape index (κ2) is 11.3. The maximum atomic E-state index is 11.4. The second-order valence-electron chi connectivity index (χ2n) is 7.83. The fourth-order valence-electron chi connectivity index (χ4n) is 3.55. The molecule has 1 aliphatic rings. The monoisotopic (exact) mass is 402 g/mol. The van der Waals surface area contributed by atoms with Crippen LogP contribution in [0.2, 0.25) is 0 Å². The number of carboxylic acid groups (broad SMARTS) is 3. The van der Waals surface area contributed by atoms with E-state index in [1.54, 1.807) is 4.90 Å². The number of carboxylic acids is 3. The van der Waals surface area contributed by atoms with Crippen molar-refractivity contribution in [3.8, 4) is 0 Å². The largest absolute Gasteiger partial charge is 0.480 e. The molecule has 0 bridgehead atoms. The third kappa shape index (κ3) is 8.51. The van der Waals surface area contributed by atoms with E-state index >= 15 is 0 Å². The van der Waals surface area contributed by atoms with E-state index in [1.807, 2.05) is 37.5 Å². The van der Waals surface area contributed by atoms with Gasteiger partial charge in [0.25, 0.3) is 0 Å². The molecule has 1 saturated heterocycles. The Morgan fingerprint density at radius 1 is 0.714 bits per heavy atom. The van der Waals surface area contributed by atoms with Gasteiger partial charge in [0, 0.05) is 50.3 Å². The van der Waals surface area contributed by atoms with E-state index in [-0.39, 0.29) is 43.8 Å². The average molecular weight is 402 g/mol.